The van der Waals surface area contributed by atoms with Gasteiger partial charge in [0, 0.05) is 0 Å². The van der Waals surface area contributed by atoms with E-state index in [1.165, 1.54) is 0 Å². The highest BCUT2D eigenvalue weighted by Gasteiger charge is 2.25. The standard InChI is InChI=1S/C8H12Cl4N2/c1-3-5(4-2)6(9)14-7(13)8(10,11)12/h3-4H2,1-2H3,(H2,13,14). The molecule has 82 valence electrons. The molecule has 2 N–H and O–H groups in total. The molecule has 0 amide bonds. The lowest BCUT2D eigenvalue weighted by Gasteiger charge is -2.10. The minimum atomic E-state index is -1.70. The fourth-order valence-corrected chi connectivity index (χ4v) is 1.28. The highest BCUT2D eigenvalue weighted by Crippen LogP contribution is 2.28. The molecule has 0 radical (unpaired) electrons. The van der Waals surface area contributed by atoms with Crippen LogP contribution in [0.2, 0.25) is 0 Å². The van der Waals surface area contributed by atoms with E-state index in [1.54, 1.807) is 0 Å². The predicted octanol–water partition coefficient (Wildman–Crippen LogP) is 3.98. The van der Waals surface area contributed by atoms with Gasteiger partial charge >= 0.3 is 0 Å². The molecule has 2 nitrogen and oxygen atoms in total. The van der Waals surface area contributed by atoms with E-state index in [0.717, 1.165) is 18.4 Å². The Balaban J connectivity index is 4.90. The first kappa shape index (κ1) is 14.4. The van der Waals surface area contributed by atoms with Crippen LogP contribution in [0.25, 0.3) is 0 Å². The largest absolute Gasteiger partial charge is 0.384 e. The van der Waals surface area contributed by atoms with Gasteiger partial charge in [0.15, 0.2) is 5.84 Å². The molecule has 0 aromatic rings. The van der Waals surface area contributed by atoms with Gasteiger partial charge in [0.2, 0.25) is 3.79 Å². The van der Waals surface area contributed by atoms with Crippen molar-refractivity contribution in [3.8, 4) is 0 Å². The Bertz CT molecular complexity index is 247. The number of hydrogen-bond donors (Lipinski definition) is 1. The zero-order valence-corrected chi connectivity index (χ0v) is 11.0. The number of aliphatic imine (C=N–C) groups is 1. The van der Waals surface area contributed by atoms with E-state index in [2.05, 4.69) is 4.99 Å². The summed E-state index contributed by atoms with van der Waals surface area (Å²) >= 11 is 22.4. The first-order chi connectivity index (χ1) is 6.32. The summed E-state index contributed by atoms with van der Waals surface area (Å²) in [7, 11) is 0. The maximum Gasteiger partial charge on any atom is 0.247 e. The molecule has 0 heterocycles. The molecule has 0 bridgehead atoms. The first-order valence-corrected chi connectivity index (χ1v) is 5.62. The van der Waals surface area contributed by atoms with Gasteiger partial charge in [-0.2, -0.15) is 0 Å². The van der Waals surface area contributed by atoms with Crippen molar-refractivity contribution in [2.45, 2.75) is 30.5 Å². The molecule has 0 saturated heterocycles. The average molecular weight is 278 g/mol. The third kappa shape index (κ3) is 4.74. The van der Waals surface area contributed by atoms with Crippen LogP contribution in [0.1, 0.15) is 26.7 Å². The zero-order valence-electron chi connectivity index (χ0n) is 7.95. The molecule has 0 spiro atoms. The third-order valence-electron chi connectivity index (χ3n) is 1.65. The molecular formula is C8H12Cl4N2. The molecule has 0 aliphatic rings. The minimum absolute atomic E-state index is 0.119. The van der Waals surface area contributed by atoms with E-state index in [0.29, 0.717) is 5.16 Å². The summed E-state index contributed by atoms with van der Waals surface area (Å²) in [5, 5.41) is 0.304. The van der Waals surface area contributed by atoms with Crippen LogP contribution in [0.5, 0.6) is 0 Å². The van der Waals surface area contributed by atoms with Crippen molar-refractivity contribution in [3.63, 3.8) is 0 Å². The fraction of sp³-hybridized carbons (Fsp3) is 0.625. The molecular weight excluding hydrogens is 266 g/mol. The molecule has 0 unspecified atom stereocenters. The smallest absolute Gasteiger partial charge is 0.247 e. The normalized spacial score (nSPS) is 12.9. The van der Waals surface area contributed by atoms with E-state index in [1.807, 2.05) is 13.8 Å². The van der Waals surface area contributed by atoms with Crippen LogP contribution in [-0.2, 0) is 0 Å². The molecule has 0 aromatic heterocycles. The van der Waals surface area contributed by atoms with Crippen LogP contribution in [0.4, 0.5) is 0 Å². The van der Waals surface area contributed by atoms with Crippen molar-refractivity contribution in [2.24, 2.45) is 10.7 Å². The number of amidine groups is 1. The van der Waals surface area contributed by atoms with Crippen LogP contribution in [0.15, 0.2) is 15.7 Å². The fourth-order valence-electron chi connectivity index (χ4n) is 0.790. The second-order valence-electron chi connectivity index (χ2n) is 2.60. The number of hydrogen-bond acceptors (Lipinski definition) is 1. The topological polar surface area (TPSA) is 38.4 Å². The van der Waals surface area contributed by atoms with Gasteiger partial charge in [-0.1, -0.05) is 60.3 Å². The SMILES string of the molecule is CCC(CC)=C(Cl)/N=C(/N)C(Cl)(Cl)Cl. The summed E-state index contributed by atoms with van der Waals surface area (Å²) in [4.78, 5) is 3.83. The second kappa shape index (κ2) is 6.06. The van der Waals surface area contributed by atoms with Crippen molar-refractivity contribution in [1.29, 1.82) is 0 Å². The van der Waals surface area contributed by atoms with E-state index in [-0.39, 0.29) is 5.84 Å². The van der Waals surface area contributed by atoms with Gasteiger partial charge in [0.25, 0.3) is 0 Å². The minimum Gasteiger partial charge on any atom is -0.384 e. The Kier molecular flexibility index (Phi) is 6.22. The molecule has 6 heteroatoms. The summed E-state index contributed by atoms with van der Waals surface area (Å²) < 4.78 is -1.70. The molecule has 0 aliphatic heterocycles. The van der Waals surface area contributed by atoms with Gasteiger partial charge in [-0.3, -0.25) is 0 Å². The molecule has 0 fully saturated rings. The number of nitrogens with zero attached hydrogens (tertiary/aromatic N) is 1. The summed E-state index contributed by atoms with van der Waals surface area (Å²) in [5.41, 5.74) is 6.41. The summed E-state index contributed by atoms with van der Waals surface area (Å²) in [6, 6.07) is 0. The van der Waals surface area contributed by atoms with Crippen molar-refractivity contribution in [2.75, 3.05) is 0 Å². The van der Waals surface area contributed by atoms with Gasteiger partial charge in [0.05, 0.1) is 0 Å². The van der Waals surface area contributed by atoms with Gasteiger partial charge in [-0.05, 0) is 18.4 Å². The van der Waals surface area contributed by atoms with Gasteiger partial charge in [-0.15, -0.1) is 0 Å². The van der Waals surface area contributed by atoms with E-state index in [4.69, 9.17) is 52.1 Å². The molecule has 0 aliphatic carbocycles. The highest BCUT2D eigenvalue weighted by molar-refractivity contribution is 6.76. The van der Waals surface area contributed by atoms with Crippen LogP contribution in [-0.4, -0.2) is 9.63 Å². The Hall–Kier alpha value is 0.370. The van der Waals surface area contributed by atoms with Crippen molar-refractivity contribution in [1.82, 2.24) is 0 Å². The monoisotopic (exact) mass is 276 g/mol. The molecule has 0 atom stereocenters. The van der Waals surface area contributed by atoms with Crippen LogP contribution in [0, 0.1) is 0 Å². The summed E-state index contributed by atoms with van der Waals surface area (Å²) in [6.45, 7) is 3.95. The van der Waals surface area contributed by atoms with Crippen LogP contribution < -0.4 is 5.73 Å². The number of nitrogens with two attached hydrogens (primary N) is 1. The third-order valence-corrected chi connectivity index (χ3v) is 2.59. The Labute approximate surface area is 104 Å². The van der Waals surface area contributed by atoms with Crippen LogP contribution >= 0.6 is 46.4 Å². The van der Waals surface area contributed by atoms with Crippen molar-refractivity contribution in [3.05, 3.63) is 10.7 Å². The summed E-state index contributed by atoms with van der Waals surface area (Å²) in [5.74, 6) is -0.119. The van der Waals surface area contributed by atoms with Crippen molar-refractivity contribution >= 4 is 52.2 Å². The van der Waals surface area contributed by atoms with E-state index in [9.17, 15) is 0 Å². The number of alkyl halides is 3. The molecule has 0 aromatic carbocycles. The highest BCUT2D eigenvalue weighted by atomic mass is 35.6. The van der Waals surface area contributed by atoms with Gasteiger partial charge < -0.3 is 5.73 Å². The quantitative estimate of drug-likeness (QED) is 0.360. The maximum atomic E-state index is 5.88. The lowest BCUT2D eigenvalue weighted by Crippen LogP contribution is -2.28. The number of halogens is 4. The Morgan fingerprint density at radius 2 is 1.64 bits per heavy atom. The van der Waals surface area contributed by atoms with Crippen LogP contribution in [0.3, 0.4) is 0 Å². The first-order valence-electron chi connectivity index (χ1n) is 4.11. The second-order valence-corrected chi connectivity index (χ2v) is 5.24. The van der Waals surface area contributed by atoms with E-state index >= 15 is 0 Å². The molecule has 0 saturated carbocycles. The van der Waals surface area contributed by atoms with Crippen molar-refractivity contribution < 1.29 is 0 Å². The lowest BCUT2D eigenvalue weighted by atomic mass is 10.2. The molecule has 0 rings (SSSR count). The average Bonchev–Trinajstić information content (AvgIpc) is 2.04. The Morgan fingerprint density at radius 3 is 1.93 bits per heavy atom. The number of allylic oxidation sites excluding steroid dienone is 1. The maximum absolute atomic E-state index is 5.88. The molecule has 14 heavy (non-hydrogen) atoms. The number of rotatable bonds is 3. The van der Waals surface area contributed by atoms with Gasteiger partial charge in [-0.25, -0.2) is 4.99 Å². The zero-order chi connectivity index (χ0) is 11.4. The summed E-state index contributed by atoms with van der Waals surface area (Å²) in [6.07, 6.45) is 1.60. The lowest BCUT2D eigenvalue weighted by molar-refractivity contribution is 0.960. The van der Waals surface area contributed by atoms with Gasteiger partial charge in [0.1, 0.15) is 5.16 Å². The predicted molar refractivity (Wildman–Crippen MR) is 65.4 cm³/mol. The van der Waals surface area contributed by atoms with E-state index < -0.39 is 3.79 Å². The Morgan fingerprint density at radius 1 is 1.21 bits per heavy atom.